The summed E-state index contributed by atoms with van der Waals surface area (Å²) >= 11 is 0. The molecule has 3 unspecified atom stereocenters. The third kappa shape index (κ3) is 3.45. The molecule has 1 heterocycles. The van der Waals surface area contributed by atoms with Crippen molar-refractivity contribution in [3.8, 4) is 0 Å². The standard InChI is InChI=1S/C15H30N2/c1-4-15(9-16-8-12(2)3)17-10-13-6-5-7-14(13)11-17/h12-16H,4-11H2,1-3H3. The zero-order valence-corrected chi connectivity index (χ0v) is 11.9. The minimum absolute atomic E-state index is 0.769. The zero-order valence-electron chi connectivity index (χ0n) is 11.9. The summed E-state index contributed by atoms with van der Waals surface area (Å²) in [7, 11) is 0. The highest BCUT2D eigenvalue weighted by Gasteiger charge is 2.37. The van der Waals surface area contributed by atoms with Gasteiger partial charge in [0.05, 0.1) is 0 Å². The lowest BCUT2D eigenvalue weighted by molar-refractivity contribution is 0.212. The van der Waals surface area contributed by atoms with E-state index in [1.54, 1.807) is 0 Å². The van der Waals surface area contributed by atoms with E-state index in [0.717, 1.165) is 30.3 Å². The fourth-order valence-corrected chi connectivity index (χ4v) is 3.64. The van der Waals surface area contributed by atoms with E-state index < -0.39 is 0 Å². The van der Waals surface area contributed by atoms with Crippen LogP contribution in [0.4, 0.5) is 0 Å². The maximum Gasteiger partial charge on any atom is 0.0218 e. The molecule has 1 N–H and O–H groups in total. The summed E-state index contributed by atoms with van der Waals surface area (Å²) in [6, 6.07) is 0.777. The third-order valence-corrected chi connectivity index (χ3v) is 4.67. The molecule has 100 valence electrons. The molecule has 0 bridgehead atoms. The van der Waals surface area contributed by atoms with Gasteiger partial charge in [-0.2, -0.15) is 0 Å². The number of hydrogen-bond donors (Lipinski definition) is 1. The van der Waals surface area contributed by atoms with Gasteiger partial charge in [-0.3, -0.25) is 4.90 Å². The molecule has 0 amide bonds. The van der Waals surface area contributed by atoms with Crippen molar-refractivity contribution < 1.29 is 0 Å². The van der Waals surface area contributed by atoms with Crippen molar-refractivity contribution >= 4 is 0 Å². The molecular formula is C15H30N2. The Morgan fingerprint density at radius 1 is 1.12 bits per heavy atom. The lowest BCUT2D eigenvalue weighted by Gasteiger charge is -2.28. The molecular weight excluding hydrogens is 208 g/mol. The van der Waals surface area contributed by atoms with Crippen molar-refractivity contribution in [2.75, 3.05) is 26.2 Å². The van der Waals surface area contributed by atoms with Crippen LogP contribution >= 0.6 is 0 Å². The first kappa shape index (κ1) is 13.4. The largest absolute Gasteiger partial charge is 0.315 e. The fraction of sp³-hybridized carbons (Fsp3) is 1.00. The average Bonchev–Trinajstić information content (AvgIpc) is 2.83. The van der Waals surface area contributed by atoms with Crippen LogP contribution in [0.1, 0.15) is 46.5 Å². The number of nitrogens with zero attached hydrogens (tertiary/aromatic N) is 1. The summed E-state index contributed by atoms with van der Waals surface area (Å²) in [5.74, 6) is 2.84. The fourth-order valence-electron chi connectivity index (χ4n) is 3.64. The Hall–Kier alpha value is -0.0800. The van der Waals surface area contributed by atoms with E-state index in [4.69, 9.17) is 0 Å². The van der Waals surface area contributed by atoms with Crippen LogP contribution in [0.15, 0.2) is 0 Å². The minimum Gasteiger partial charge on any atom is -0.315 e. The Kier molecular flexibility index (Phi) is 4.87. The summed E-state index contributed by atoms with van der Waals surface area (Å²) in [6.45, 7) is 12.0. The van der Waals surface area contributed by atoms with Crippen molar-refractivity contribution in [1.82, 2.24) is 10.2 Å². The van der Waals surface area contributed by atoms with Gasteiger partial charge < -0.3 is 5.32 Å². The van der Waals surface area contributed by atoms with Crippen LogP contribution in [0.2, 0.25) is 0 Å². The molecule has 2 nitrogen and oxygen atoms in total. The lowest BCUT2D eigenvalue weighted by atomic mass is 10.0. The topological polar surface area (TPSA) is 15.3 Å². The molecule has 1 saturated heterocycles. The molecule has 2 fully saturated rings. The predicted molar refractivity (Wildman–Crippen MR) is 74.2 cm³/mol. The molecule has 0 radical (unpaired) electrons. The van der Waals surface area contributed by atoms with E-state index in [1.165, 1.54) is 45.3 Å². The van der Waals surface area contributed by atoms with Gasteiger partial charge in [-0.15, -0.1) is 0 Å². The van der Waals surface area contributed by atoms with E-state index in [2.05, 4.69) is 31.0 Å². The summed E-state index contributed by atoms with van der Waals surface area (Å²) in [6.07, 6.45) is 5.78. The van der Waals surface area contributed by atoms with Crippen molar-refractivity contribution in [2.45, 2.75) is 52.5 Å². The number of nitrogens with one attached hydrogen (secondary N) is 1. The summed E-state index contributed by atoms with van der Waals surface area (Å²) < 4.78 is 0. The second kappa shape index (κ2) is 6.19. The Morgan fingerprint density at radius 3 is 2.29 bits per heavy atom. The maximum atomic E-state index is 3.64. The number of rotatable bonds is 6. The van der Waals surface area contributed by atoms with Gasteiger partial charge >= 0.3 is 0 Å². The van der Waals surface area contributed by atoms with Gasteiger partial charge in [0.2, 0.25) is 0 Å². The van der Waals surface area contributed by atoms with Crippen molar-refractivity contribution in [3.05, 3.63) is 0 Å². The molecule has 0 spiro atoms. The van der Waals surface area contributed by atoms with Crippen molar-refractivity contribution in [1.29, 1.82) is 0 Å². The van der Waals surface area contributed by atoms with Crippen LogP contribution in [0.25, 0.3) is 0 Å². The quantitative estimate of drug-likeness (QED) is 0.765. The first-order chi connectivity index (χ1) is 8.20. The number of fused-ring (bicyclic) bond motifs is 1. The summed E-state index contributed by atoms with van der Waals surface area (Å²) in [5, 5.41) is 3.64. The van der Waals surface area contributed by atoms with Gasteiger partial charge in [-0.25, -0.2) is 0 Å². The summed E-state index contributed by atoms with van der Waals surface area (Å²) in [5.41, 5.74) is 0. The van der Waals surface area contributed by atoms with Crippen LogP contribution in [0, 0.1) is 17.8 Å². The van der Waals surface area contributed by atoms with Crippen LogP contribution in [0.5, 0.6) is 0 Å². The first-order valence-corrected chi connectivity index (χ1v) is 7.65. The monoisotopic (exact) mass is 238 g/mol. The second-order valence-corrected chi connectivity index (χ2v) is 6.52. The van der Waals surface area contributed by atoms with E-state index in [-0.39, 0.29) is 0 Å². The van der Waals surface area contributed by atoms with E-state index in [0.29, 0.717) is 0 Å². The second-order valence-electron chi connectivity index (χ2n) is 6.52. The smallest absolute Gasteiger partial charge is 0.0218 e. The number of hydrogen-bond acceptors (Lipinski definition) is 2. The molecule has 2 aliphatic rings. The lowest BCUT2D eigenvalue weighted by Crippen LogP contribution is -2.42. The van der Waals surface area contributed by atoms with E-state index in [1.807, 2.05) is 0 Å². The van der Waals surface area contributed by atoms with Gasteiger partial charge in [0.25, 0.3) is 0 Å². The molecule has 1 saturated carbocycles. The highest BCUT2D eigenvalue weighted by atomic mass is 15.2. The number of likely N-dealkylation sites (tertiary alicyclic amines) is 1. The van der Waals surface area contributed by atoms with Gasteiger partial charge in [0, 0.05) is 25.7 Å². The van der Waals surface area contributed by atoms with Crippen LogP contribution in [-0.2, 0) is 0 Å². The Morgan fingerprint density at radius 2 is 1.76 bits per heavy atom. The summed E-state index contributed by atoms with van der Waals surface area (Å²) in [4.78, 5) is 2.77. The van der Waals surface area contributed by atoms with Gasteiger partial charge in [-0.1, -0.05) is 27.2 Å². The molecule has 0 aromatic rings. The molecule has 1 aliphatic heterocycles. The normalized spacial score (nSPS) is 31.1. The average molecular weight is 238 g/mol. The molecule has 3 atom stereocenters. The molecule has 2 rings (SSSR count). The highest BCUT2D eigenvalue weighted by Crippen LogP contribution is 2.38. The van der Waals surface area contributed by atoms with Gasteiger partial charge in [0.1, 0.15) is 0 Å². The van der Waals surface area contributed by atoms with Crippen LogP contribution in [-0.4, -0.2) is 37.1 Å². The van der Waals surface area contributed by atoms with Crippen molar-refractivity contribution in [3.63, 3.8) is 0 Å². The molecule has 17 heavy (non-hydrogen) atoms. The van der Waals surface area contributed by atoms with Crippen LogP contribution in [0.3, 0.4) is 0 Å². The predicted octanol–water partition coefficient (Wildman–Crippen LogP) is 2.74. The Labute approximate surface area is 107 Å². The maximum absolute atomic E-state index is 3.64. The van der Waals surface area contributed by atoms with Gasteiger partial charge in [-0.05, 0) is 43.6 Å². The molecule has 1 aliphatic carbocycles. The van der Waals surface area contributed by atoms with Crippen molar-refractivity contribution in [2.24, 2.45) is 17.8 Å². The SMILES string of the molecule is CCC(CNCC(C)C)N1CC2CCCC2C1. The Balaban J connectivity index is 1.75. The molecule has 2 heteroatoms. The third-order valence-electron chi connectivity index (χ3n) is 4.67. The van der Waals surface area contributed by atoms with E-state index >= 15 is 0 Å². The first-order valence-electron chi connectivity index (χ1n) is 7.65. The van der Waals surface area contributed by atoms with Gasteiger partial charge in [0.15, 0.2) is 0 Å². The Bertz CT molecular complexity index is 215. The minimum atomic E-state index is 0.769. The van der Waals surface area contributed by atoms with E-state index in [9.17, 15) is 0 Å². The molecule has 0 aromatic heterocycles. The highest BCUT2D eigenvalue weighted by molar-refractivity contribution is 4.91. The van der Waals surface area contributed by atoms with Crippen LogP contribution < -0.4 is 5.32 Å². The zero-order chi connectivity index (χ0) is 12.3. The molecule has 0 aromatic carbocycles.